The molecule has 0 bridgehead atoms. The van der Waals surface area contributed by atoms with Crippen LogP contribution in [0.15, 0.2) is 60.9 Å². The Labute approximate surface area is 181 Å². The molecule has 0 spiro atoms. The van der Waals surface area contributed by atoms with E-state index in [2.05, 4.69) is 25.9 Å². The van der Waals surface area contributed by atoms with Crippen molar-refractivity contribution in [1.29, 1.82) is 0 Å². The molecule has 0 fully saturated rings. The van der Waals surface area contributed by atoms with Crippen LogP contribution >= 0.6 is 0 Å². The average molecular weight is 447 g/mol. The van der Waals surface area contributed by atoms with Gasteiger partial charge in [0.05, 0.1) is 12.2 Å². The number of benzene rings is 2. The highest BCUT2D eigenvalue weighted by atomic mass is 19.4. The number of hydrogen-bond acceptors (Lipinski definition) is 6. The number of nitrogens with one attached hydrogen (secondary N) is 3. The highest BCUT2D eigenvalue weighted by Gasteiger charge is 2.29. The van der Waals surface area contributed by atoms with E-state index in [9.17, 15) is 18.0 Å². The van der Waals surface area contributed by atoms with Crippen LogP contribution in [0.5, 0.6) is 11.6 Å². The lowest BCUT2D eigenvalue weighted by molar-refractivity contribution is -0.137. The van der Waals surface area contributed by atoms with Gasteiger partial charge in [0.25, 0.3) is 0 Å². The van der Waals surface area contributed by atoms with Gasteiger partial charge in [0.15, 0.2) is 0 Å². The van der Waals surface area contributed by atoms with Crippen LogP contribution in [0.1, 0.15) is 5.56 Å². The zero-order valence-corrected chi connectivity index (χ0v) is 16.9. The van der Waals surface area contributed by atoms with E-state index in [1.807, 2.05) is 0 Å². The van der Waals surface area contributed by atoms with Gasteiger partial charge in [0.1, 0.15) is 17.9 Å². The molecule has 8 nitrogen and oxygen atoms in total. The number of hydrogen-bond donors (Lipinski definition) is 3. The molecule has 11 heteroatoms. The molecule has 0 saturated heterocycles. The van der Waals surface area contributed by atoms with Gasteiger partial charge >= 0.3 is 12.2 Å². The summed E-state index contributed by atoms with van der Waals surface area (Å²) in [5.74, 6) is 1.41. The normalized spacial score (nSPS) is 11.0. The summed E-state index contributed by atoms with van der Waals surface area (Å²) in [5, 5.41) is 8.12. The standard InChI is InChI=1S/C21H20F3N5O3/c1-31-11-10-25-18-12-19(27-13-26-18)32-17-8-6-16(7-9-17)29-20(30)28-15-4-2-14(3-5-15)21(22,23)24/h2-9,12-13H,10-11H2,1H3,(H,25,26,27)(H2,28,29,30). The summed E-state index contributed by atoms with van der Waals surface area (Å²) in [6.07, 6.45) is -3.07. The molecule has 0 saturated carbocycles. The average Bonchev–Trinajstić information content (AvgIpc) is 2.75. The van der Waals surface area contributed by atoms with Crippen LogP contribution in [0.2, 0.25) is 0 Å². The molecule has 3 N–H and O–H groups in total. The van der Waals surface area contributed by atoms with Crippen molar-refractivity contribution in [3.05, 3.63) is 66.5 Å². The molecule has 0 atom stereocenters. The summed E-state index contributed by atoms with van der Waals surface area (Å²) in [6.45, 7) is 1.11. The summed E-state index contributed by atoms with van der Waals surface area (Å²) < 4.78 is 48.4. The van der Waals surface area contributed by atoms with E-state index in [1.54, 1.807) is 37.4 Å². The molecule has 0 aliphatic carbocycles. The number of anilines is 3. The van der Waals surface area contributed by atoms with Crippen molar-refractivity contribution in [2.45, 2.75) is 6.18 Å². The van der Waals surface area contributed by atoms with Gasteiger partial charge in [-0.15, -0.1) is 0 Å². The minimum absolute atomic E-state index is 0.231. The first-order chi connectivity index (χ1) is 15.3. The highest BCUT2D eigenvalue weighted by Crippen LogP contribution is 2.30. The molecule has 1 aromatic heterocycles. The Morgan fingerprint density at radius 1 is 0.969 bits per heavy atom. The lowest BCUT2D eigenvalue weighted by Crippen LogP contribution is -2.19. The maximum absolute atomic E-state index is 12.6. The third kappa shape index (κ3) is 6.84. The summed E-state index contributed by atoms with van der Waals surface area (Å²) >= 11 is 0. The van der Waals surface area contributed by atoms with Crippen LogP contribution in [0.25, 0.3) is 0 Å². The van der Waals surface area contributed by atoms with E-state index in [0.29, 0.717) is 36.3 Å². The summed E-state index contributed by atoms with van der Waals surface area (Å²) in [5.41, 5.74) is -0.0962. The van der Waals surface area contributed by atoms with Gasteiger partial charge in [-0.1, -0.05) is 0 Å². The number of alkyl halides is 3. The molecule has 0 radical (unpaired) electrons. The first-order valence-electron chi connectivity index (χ1n) is 9.41. The topological polar surface area (TPSA) is 97.4 Å². The second kappa shape index (κ2) is 10.4. The Bertz CT molecular complexity index is 1030. The van der Waals surface area contributed by atoms with E-state index >= 15 is 0 Å². The number of carbonyl (C=O) groups is 1. The number of aromatic nitrogens is 2. The largest absolute Gasteiger partial charge is 0.439 e. The highest BCUT2D eigenvalue weighted by molar-refractivity contribution is 5.99. The number of amides is 2. The van der Waals surface area contributed by atoms with Crippen molar-refractivity contribution in [2.24, 2.45) is 0 Å². The number of ether oxygens (including phenoxy) is 2. The second-order valence-electron chi connectivity index (χ2n) is 6.44. The Kier molecular flexibility index (Phi) is 7.45. The van der Waals surface area contributed by atoms with Gasteiger partial charge in [-0.05, 0) is 48.5 Å². The molecule has 2 aromatic carbocycles. The predicted octanol–water partition coefficient (Wildman–Crippen LogP) is 4.99. The molecule has 3 rings (SSSR count). The van der Waals surface area contributed by atoms with E-state index in [0.717, 1.165) is 12.1 Å². The Balaban J connectivity index is 1.53. The van der Waals surface area contributed by atoms with Gasteiger partial charge in [0, 0.05) is 31.1 Å². The summed E-state index contributed by atoms with van der Waals surface area (Å²) in [4.78, 5) is 20.2. The molecule has 0 aliphatic heterocycles. The summed E-state index contributed by atoms with van der Waals surface area (Å²) in [6, 6.07) is 11.7. The van der Waals surface area contributed by atoms with Crippen molar-refractivity contribution in [3.8, 4) is 11.6 Å². The molecule has 32 heavy (non-hydrogen) atoms. The third-order valence-corrected chi connectivity index (χ3v) is 4.06. The Morgan fingerprint density at radius 2 is 1.59 bits per heavy atom. The number of methoxy groups -OCH3 is 1. The minimum Gasteiger partial charge on any atom is -0.439 e. The van der Waals surface area contributed by atoms with Gasteiger partial charge in [0.2, 0.25) is 5.88 Å². The lowest BCUT2D eigenvalue weighted by Gasteiger charge is -2.11. The molecule has 3 aromatic rings. The number of carbonyl (C=O) groups excluding carboxylic acids is 1. The number of nitrogens with zero attached hydrogens (tertiary/aromatic N) is 2. The van der Waals surface area contributed by atoms with Gasteiger partial charge in [-0.3, -0.25) is 0 Å². The van der Waals surface area contributed by atoms with Crippen molar-refractivity contribution >= 4 is 23.2 Å². The van der Waals surface area contributed by atoms with Crippen molar-refractivity contribution in [3.63, 3.8) is 0 Å². The van der Waals surface area contributed by atoms with Crippen molar-refractivity contribution in [2.75, 3.05) is 36.2 Å². The predicted molar refractivity (Wildman–Crippen MR) is 113 cm³/mol. The Hall–Kier alpha value is -3.86. The maximum atomic E-state index is 12.6. The third-order valence-electron chi connectivity index (χ3n) is 4.06. The Morgan fingerprint density at radius 3 is 2.19 bits per heavy atom. The number of halogens is 3. The first kappa shape index (κ1) is 22.8. The molecule has 0 unspecified atom stereocenters. The van der Waals surface area contributed by atoms with E-state index in [1.165, 1.54) is 18.5 Å². The van der Waals surface area contributed by atoms with E-state index < -0.39 is 17.8 Å². The minimum atomic E-state index is -4.43. The van der Waals surface area contributed by atoms with E-state index in [-0.39, 0.29) is 5.69 Å². The molecule has 2 amide bonds. The van der Waals surface area contributed by atoms with Crippen LogP contribution in [0.4, 0.5) is 35.2 Å². The zero-order chi connectivity index (χ0) is 23.0. The van der Waals surface area contributed by atoms with Crippen LogP contribution in [-0.2, 0) is 10.9 Å². The number of rotatable bonds is 8. The fourth-order valence-corrected chi connectivity index (χ4v) is 2.54. The fourth-order valence-electron chi connectivity index (χ4n) is 2.54. The van der Waals surface area contributed by atoms with Crippen LogP contribution in [-0.4, -0.2) is 36.3 Å². The maximum Gasteiger partial charge on any atom is 0.416 e. The lowest BCUT2D eigenvalue weighted by atomic mass is 10.2. The molecule has 1 heterocycles. The van der Waals surface area contributed by atoms with E-state index in [4.69, 9.17) is 9.47 Å². The zero-order valence-electron chi connectivity index (χ0n) is 16.9. The van der Waals surface area contributed by atoms with Crippen LogP contribution < -0.4 is 20.7 Å². The van der Waals surface area contributed by atoms with Crippen molar-refractivity contribution < 1.29 is 27.4 Å². The molecular formula is C21H20F3N5O3. The van der Waals surface area contributed by atoms with Crippen LogP contribution in [0, 0.1) is 0 Å². The fraction of sp³-hybridized carbons (Fsp3) is 0.190. The molecule has 168 valence electrons. The molecule has 0 aliphatic rings. The molecular weight excluding hydrogens is 427 g/mol. The van der Waals surface area contributed by atoms with Gasteiger partial charge in [-0.2, -0.15) is 13.2 Å². The van der Waals surface area contributed by atoms with Crippen LogP contribution in [0.3, 0.4) is 0 Å². The monoisotopic (exact) mass is 447 g/mol. The van der Waals surface area contributed by atoms with Gasteiger partial charge < -0.3 is 25.4 Å². The number of urea groups is 1. The second-order valence-corrected chi connectivity index (χ2v) is 6.44. The van der Waals surface area contributed by atoms with Crippen molar-refractivity contribution in [1.82, 2.24) is 9.97 Å². The smallest absolute Gasteiger partial charge is 0.416 e. The first-order valence-corrected chi connectivity index (χ1v) is 9.41. The summed E-state index contributed by atoms with van der Waals surface area (Å²) in [7, 11) is 1.60. The SMILES string of the molecule is COCCNc1cc(Oc2ccc(NC(=O)Nc3ccc(C(F)(F)F)cc3)cc2)ncn1. The quantitative estimate of drug-likeness (QED) is 0.421. The van der Waals surface area contributed by atoms with Gasteiger partial charge in [-0.25, -0.2) is 14.8 Å².